The van der Waals surface area contributed by atoms with Crippen molar-refractivity contribution in [1.29, 1.82) is 0 Å². The normalized spacial score (nSPS) is 10.6. The van der Waals surface area contributed by atoms with Gasteiger partial charge in [-0.1, -0.05) is 0 Å². The highest BCUT2D eigenvalue weighted by molar-refractivity contribution is 5.39. The largest absolute Gasteiger partial charge is 0.395 e. The first kappa shape index (κ1) is 15.1. The number of ether oxygens (including phenoxy) is 1. The molecule has 0 radical (unpaired) electrons. The molecule has 0 aromatic carbocycles. The maximum Gasteiger partial charge on any atom is 0.257 e. The van der Waals surface area contributed by atoms with E-state index in [4.69, 9.17) is 4.74 Å². The first-order valence-corrected chi connectivity index (χ1v) is 6.57. The Hall–Kier alpha value is -2.26. The summed E-state index contributed by atoms with van der Waals surface area (Å²) in [6, 6.07) is 1.79. The van der Waals surface area contributed by atoms with Gasteiger partial charge in [-0.3, -0.25) is 0 Å². The van der Waals surface area contributed by atoms with Gasteiger partial charge in [-0.05, 0) is 6.07 Å². The molecule has 0 aliphatic carbocycles. The van der Waals surface area contributed by atoms with Crippen LogP contribution in [0.1, 0.15) is 0 Å². The van der Waals surface area contributed by atoms with Crippen LogP contribution < -0.4 is 10.2 Å². The van der Waals surface area contributed by atoms with Gasteiger partial charge >= 0.3 is 0 Å². The summed E-state index contributed by atoms with van der Waals surface area (Å²) in [6.07, 6.45) is 3.41. The van der Waals surface area contributed by atoms with Crippen LogP contribution in [-0.2, 0) is 4.74 Å². The van der Waals surface area contributed by atoms with Gasteiger partial charge in [-0.2, -0.15) is 20.1 Å². The topological polar surface area (TPSA) is 101 Å². The van der Waals surface area contributed by atoms with Gasteiger partial charge in [0.15, 0.2) is 0 Å². The monoisotopic (exact) mass is 293 g/mol. The quantitative estimate of drug-likeness (QED) is 0.674. The number of aliphatic hydroxyl groups excluding tert-OH is 1. The van der Waals surface area contributed by atoms with Gasteiger partial charge < -0.3 is 20.1 Å². The van der Waals surface area contributed by atoms with Gasteiger partial charge in [0.1, 0.15) is 0 Å². The van der Waals surface area contributed by atoms with E-state index in [0.717, 1.165) is 0 Å². The Labute approximate surface area is 122 Å². The van der Waals surface area contributed by atoms with Crippen molar-refractivity contribution >= 4 is 11.9 Å². The lowest BCUT2D eigenvalue weighted by Crippen LogP contribution is -2.32. The zero-order chi connectivity index (χ0) is 15.1. The van der Waals surface area contributed by atoms with Crippen LogP contribution in [0.4, 0.5) is 11.9 Å². The summed E-state index contributed by atoms with van der Waals surface area (Å²) in [6.45, 7) is 1.50. The predicted octanol–water partition coefficient (Wildman–Crippen LogP) is -0.456. The third-order valence-corrected chi connectivity index (χ3v) is 2.76. The third kappa shape index (κ3) is 3.86. The maximum absolute atomic E-state index is 9.19. The van der Waals surface area contributed by atoms with Crippen molar-refractivity contribution in [1.82, 2.24) is 24.7 Å². The maximum atomic E-state index is 9.19. The highest BCUT2D eigenvalue weighted by Gasteiger charge is 2.14. The molecule has 0 unspecified atom stereocenters. The van der Waals surface area contributed by atoms with Crippen LogP contribution >= 0.6 is 0 Å². The molecule has 0 saturated heterocycles. The van der Waals surface area contributed by atoms with E-state index >= 15 is 0 Å². The van der Waals surface area contributed by atoms with Crippen LogP contribution in [0.5, 0.6) is 0 Å². The Morgan fingerprint density at radius 3 is 2.81 bits per heavy atom. The van der Waals surface area contributed by atoms with E-state index in [-0.39, 0.29) is 6.61 Å². The van der Waals surface area contributed by atoms with Crippen molar-refractivity contribution in [3.8, 4) is 5.95 Å². The second-order valence-electron chi connectivity index (χ2n) is 4.16. The minimum Gasteiger partial charge on any atom is -0.395 e. The molecule has 0 amide bonds. The molecule has 0 fully saturated rings. The van der Waals surface area contributed by atoms with E-state index in [2.05, 4.69) is 25.4 Å². The molecule has 2 aromatic rings. The molecule has 0 saturated carbocycles. The van der Waals surface area contributed by atoms with Gasteiger partial charge in [0, 0.05) is 39.6 Å². The Balaban J connectivity index is 2.34. The number of methoxy groups -OCH3 is 1. The van der Waals surface area contributed by atoms with Gasteiger partial charge in [0.05, 0.1) is 13.2 Å². The van der Waals surface area contributed by atoms with Crippen LogP contribution in [0.3, 0.4) is 0 Å². The average molecular weight is 293 g/mol. The van der Waals surface area contributed by atoms with Crippen LogP contribution in [0.15, 0.2) is 18.5 Å². The molecule has 0 spiro atoms. The second kappa shape index (κ2) is 7.50. The fourth-order valence-electron chi connectivity index (χ4n) is 1.73. The molecular weight excluding hydrogens is 274 g/mol. The third-order valence-electron chi connectivity index (χ3n) is 2.76. The van der Waals surface area contributed by atoms with Crippen molar-refractivity contribution in [2.75, 3.05) is 50.7 Å². The number of anilines is 2. The number of nitrogens with one attached hydrogen (secondary N) is 1. The molecule has 0 aliphatic heterocycles. The Bertz CT molecular complexity index is 547. The molecule has 0 bridgehead atoms. The lowest BCUT2D eigenvalue weighted by molar-refractivity contribution is 0.202. The first-order chi connectivity index (χ1) is 10.3. The number of aliphatic hydroxyl groups is 1. The average Bonchev–Trinajstić information content (AvgIpc) is 3.05. The number of aromatic nitrogens is 5. The van der Waals surface area contributed by atoms with Crippen molar-refractivity contribution in [3.05, 3.63) is 18.5 Å². The molecule has 2 rings (SSSR count). The highest BCUT2D eigenvalue weighted by Crippen LogP contribution is 2.12. The van der Waals surface area contributed by atoms with Gasteiger partial charge in [-0.25, -0.2) is 4.68 Å². The summed E-state index contributed by atoms with van der Waals surface area (Å²) < 4.78 is 6.63. The van der Waals surface area contributed by atoms with Crippen molar-refractivity contribution in [2.24, 2.45) is 0 Å². The van der Waals surface area contributed by atoms with E-state index in [1.54, 1.807) is 37.3 Å². The fourth-order valence-corrected chi connectivity index (χ4v) is 1.73. The lowest BCUT2D eigenvalue weighted by Gasteiger charge is -2.21. The summed E-state index contributed by atoms with van der Waals surface area (Å²) in [5.74, 6) is 1.31. The van der Waals surface area contributed by atoms with Crippen LogP contribution in [0.2, 0.25) is 0 Å². The Morgan fingerprint density at radius 1 is 1.33 bits per heavy atom. The smallest absolute Gasteiger partial charge is 0.257 e. The standard InChI is InChI=1S/C12H19N7O2/c1-13-10-15-11(18(6-8-20)7-9-21-2)17-12(16-10)19-5-3-4-14-19/h3-5,20H,6-9H2,1-2H3,(H,13,15,16,17). The molecule has 2 heterocycles. The summed E-state index contributed by atoms with van der Waals surface area (Å²) >= 11 is 0. The van der Waals surface area contributed by atoms with E-state index < -0.39 is 0 Å². The molecule has 114 valence electrons. The van der Waals surface area contributed by atoms with Gasteiger partial charge in [-0.15, -0.1) is 0 Å². The minimum absolute atomic E-state index is 0.00138. The van der Waals surface area contributed by atoms with E-state index in [0.29, 0.717) is 37.5 Å². The lowest BCUT2D eigenvalue weighted by atomic mass is 10.5. The van der Waals surface area contributed by atoms with Gasteiger partial charge in [0.2, 0.25) is 11.9 Å². The fraction of sp³-hybridized carbons (Fsp3) is 0.500. The van der Waals surface area contributed by atoms with E-state index in [1.165, 1.54) is 0 Å². The molecule has 9 nitrogen and oxygen atoms in total. The van der Waals surface area contributed by atoms with Crippen molar-refractivity contribution in [2.45, 2.75) is 0 Å². The number of rotatable bonds is 8. The van der Waals surface area contributed by atoms with Crippen LogP contribution in [-0.4, -0.2) is 70.3 Å². The summed E-state index contributed by atoms with van der Waals surface area (Å²) in [4.78, 5) is 14.8. The zero-order valence-electron chi connectivity index (χ0n) is 12.1. The van der Waals surface area contributed by atoms with Crippen LogP contribution in [0.25, 0.3) is 5.95 Å². The minimum atomic E-state index is 0.00138. The Morgan fingerprint density at radius 2 is 2.19 bits per heavy atom. The molecular formula is C12H19N7O2. The van der Waals surface area contributed by atoms with E-state index in [9.17, 15) is 5.11 Å². The Kier molecular flexibility index (Phi) is 5.41. The van der Waals surface area contributed by atoms with Crippen molar-refractivity contribution < 1.29 is 9.84 Å². The van der Waals surface area contributed by atoms with Gasteiger partial charge in [0.25, 0.3) is 5.95 Å². The summed E-state index contributed by atoms with van der Waals surface area (Å²) in [5, 5.41) is 16.2. The highest BCUT2D eigenvalue weighted by atomic mass is 16.5. The molecule has 21 heavy (non-hydrogen) atoms. The first-order valence-electron chi connectivity index (χ1n) is 6.57. The molecule has 2 aromatic heterocycles. The molecule has 0 aliphatic rings. The number of nitrogens with zero attached hydrogens (tertiary/aromatic N) is 6. The van der Waals surface area contributed by atoms with Crippen LogP contribution in [0, 0.1) is 0 Å². The zero-order valence-corrected chi connectivity index (χ0v) is 12.1. The molecule has 2 N–H and O–H groups in total. The summed E-state index contributed by atoms with van der Waals surface area (Å²) in [5.41, 5.74) is 0. The van der Waals surface area contributed by atoms with Crippen molar-refractivity contribution in [3.63, 3.8) is 0 Å². The number of hydrogen-bond acceptors (Lipinski definition) is 8. The molecule has 9 heteroatoms. The van der Waals surface area contributed by atoms with E-state index in [1.807, 2.05) is 4.90 Å². The second-order valence-corrected chi connectivity index (χ2v) is 4.16. The summed E-state index contributed by atoms with van der Waals surface area (Å²) in [7, 11) is 3.36. The number of hydrogen-bond donors (Lipinski definition) is 2. The molecule has 0 atom stereocenters. The SMILES string of the molecule is CNc1nc(N(CCO)CCOC)nc(-n2cccn2)n1. The predicted molar refractivity (Wildman–Crippen MR) is 77.7 cm³/mol.